The van der Waals surface area contributed by atoms with Crippen LogP contribution in [0.2, 0.25) is 0 Å². The lowest BCUT2D eigenvalue weighted by molar-refractivity contribution is 0.415. The lowest BCUT2D eigenvalue weighted by atomic mass is 10.1. The van der Waals surface area contributed by atoms with Crippen molar-refractivity contribution in [3.05, 3.63) is 59.9 Å². The van der Waals surface area contributed by atoms with E-state index < -0.39 is 0 Å². The zero-order valence-corrected chi connectivity index (χ0v) is 16.6. The predicted octanol–water partition coefficient (Wildman–Crippen LogP) is 3.42. The standard InChI is InChI=1S/C22H29FN4O/c1-3-24-22(25-14-17-7-9-19(23)10-8-17)26-15-18-11-12-27(16-18)20-5-4-6-21(13-20)28-2/h4-10,13,18H,3,11-12,14-16H2,1-2H3,(H2,24,25,26). The molecule has 0 bridgehead atoms. The Morgan fingerprint density at radius 2 is 2.04 bits per heavy atom. The number of nitrogens with zero attached hydrogens (tertiary/aromatic N) is 2. The summed E-state index contributed by atoms with van der Waals surface area (Å²) in [7, 11) is 1.70. The van der Waals surface area contributed by atoms with Gasteiger partial charge in [-0.1, -0.05) is 18.2 Å². The molecule has 2 aromatic rings. The third-order valence-corrected chi connectivity index (χ3v) is 4.94. The average Bonchev–Trinajstić information content (AvgIpc) is 3.20. The molecule has 2 aromatic carbocycles. The number of rotatable bonds is 7. The van der Waals surface area contributed by atoms with Gasteiger partial charge in [0.2, 0.25) is 0 Å². The summed E-state index contributed by atoms with van der Waals surface area (Å²) in [6.45, 7) is 6.30. The van der Waals surface area contributed by atoms with E-state index in [4.69, 9.17) is 4.74 Å². The van der Waals surface area contributed by atoms with Crippen LogP contribution in [0.4, 0.5) is 10.1 Å². The Balaban J connectivity index is 1.52. The van der Waals surface area contributed by atoms with Crippen LogP contribution < -0.4 is 20.3 Å². The zero-order valence-electron chi connectivity index (χ0n) is 16.6. The molecule has 28 heavy (non-hydrogen) atoms. The number of ether oxygens (including phenoxy) is 1. The molecule has 1 aliphatic rings. The van der Waals surface area contributed by atoms with Gasteiger partial charge in [0.25, 0.3) is 0 Å². The molecule has 1 fully saturated rings. The smallest absolute Gasteiger partial charge is 0.191 e. The molecule has 6 heteroatoms. The number of methoxy groups -OCH3 is 1. The highest BCUT2D eigenvalue weighted by Gasteiger charge is 2.23. The lowest BCUT2D eigenvalue weighted by Crippen LogP contribution is -2.40. The maximum Gasteiger partial charge on any atom is 0.191 e. The molecule has 1 heterocycles. The third-order valence-electron chi connectivity index (χ3n) is 4.94. The van der Waals surface area contributed by atoms with Crippen LogP contribution in [0.3, 0.4) is 0 Å². The van der Waals surface area contributed by atoms with Gasteiger partial charge in [0.1, 0.15) is 11.6 Å². The molecular formula is C22H29FN4O. The summed E-state index contributed by atoms with van der Waals surface area (Å²) in [6.07, 6.45) is 1.14. The van der Waals surface area contributed by atoms with Crippen LogP contribution in [0.25, 0.3) is 0 Å². The number of hydrogen-bond donors (Lipinski definition) is 2. The van der Waals surface area contributed by atoms with E-state index in [0.29, 0.717) is 12.5 Å². The Morgan fingerprint density at radius 3 is 2.79 bits per heavy atom. The van der Waals surface area contributed by atoms with Crippen LogP contribution in [0.1, 0.15) is 18.9 Å². The van der Waals surface area contributed by atoms with Gasteiger partial charge in [0.05, 0.1) is 13.7 Å². The van der Waals surface area contributed by atoms with Gasteiger partial charge in [-0.05, 0) is 49.1 Å². The zero-order chi connectivity index (χ0) is 19.8. The fraction of sp³-hybridized carbons (Fsp3) is 0.409. The van der Waals surface area contributed by atoms with E-state index in [2.05, 4.69) is 39.6 Å². The second-order valence-electron chi connectivity index (χ2n) is 7.00. The molecule has 1 aliphatic heterocycles. The first kappa shape index (κ1) is 20.0. The summed E-state index contributed by atoms with van der Waals surface area (Å²) in [5, 5.41) is 6.73. The van der Waals surface area contributed by atoms with E-state index in [1.54, 1.807) is 19.2 Å². The Hall–Kier alpha value is -2.76. The molecule has 1 atom stereocenters. The van der Waals surface area contributed by atoms with Gasteiger partial charge >= 0.3 is 0 Å². The number of guanidine groups is 1. The summed E-state index contributed by atoms with van der Waals surface area (Å²) in [6, 6.07) is 14.7. The van der Waals surface area contributed by atoms with E-state index in [-0.39, 0.29) is 5.82 Å². The highest BCUT2D eigenvalue weighted by atomic mass is 19.1. The van der Waals surface area contributed by atoms with Crippen molar-refractivity contribution in [1.82, 2.24) is 10.6 Å². The van der Waals surface area contributed by atoms with Crippen molar-refractivity contribution < 1.29 is 9.13 Å². The number of benzene rings is 2. The van der Waals surface area contributed by atoms with Gasteiger partial charge in [-0.3, -0.25) is 0 Å². The first-order chi connectivity index (χ1) is 13.7. The Morgan fingerprint density at radius 1 is 1.21 bits per heavy atom. The minimum atomic E-state index is -0.223. The Labute approximate surface area is 166 Å². The molecule has 3 rings (SSSR count). The highest BCUT2D eigenvalue weighted by molar-refractivity contribution is 5.79. The van der Waals surface area contributed by atoms with Crippen LogP contribution in [-0.4, -0.2) is 39.2 Å². The molecule has 1 saturated heterocycles. The Bertz CT molecular complexity index is 778. The molecular weight excluding hydrogens is 355 g/mol. The molecule has 0 saturated carbocycles. The van der Waals surface area contributed by atoms with Crippen molar-refractivity contribution in [2.45, 2.75) is 19.9 Å². The number of halogens is 1. The fourth-order valence-corrected chi connectivity index (χ4v) is 3.38. The third kappa shape index (κ3) is 5.62. The maximum absolute atomic E-state index is 13.0. The summed E-state index contributed by atoms with van der Waals surface area (Å²) >= 11 is 0. The maximum atomic E-state index is 13.0. The van der Waals surface area contributed by atoms with Crippen molar-refractivity contribution in [3.8, 4) is 5.75 Å². The average molecular weight is 384 g/mol. The minimum Gasteiger partial charge on any atom is -0.497 e. The largest absolute Gasteiger partial charge is 0.497 e. The van der Waals surface area contributed by atoms with Crippen molar-refractivity contribution in [2.24, 2.45) is 10.9 Å². The van der Waals surface area contributed by atoms with Gasteiger partial charge in [-0.15, -0.1) is 0 Å². The highest BCUT2D eigenvalue weighted by Crippen LogP contribution is 2.26. The van der Waals surface area contributed by atoms with E-state index in [9.17, 15) is 4.39 Å². The van der Waals surface area contributed by atoms with Crippen LogP contribution in [0.5, 0.6) is 5.75 Å². The van der Waals surface area contributed by atoms with E-state index >= 15 is 0 Å². The van der Waals surface area contributed by atoms with Crippen molar-refractivity contribution in [2.75, 3.05) is 38.2 Å². The number of anilines is 1. The number of hydrogen-bond acceptors (Lipinski definition) is 3. The molecule has 0 amide bonds. The minimum absolute atomic E-state index is 0.223. The first-order valence-corrected chi connectivity index (χ1v) is 9.83. The molecule has 0 radical (unpaired) electrons. The fourth-order valence-electron chi connectivity index (χ4n) is 3.38. The molecule has 150 valence electrons. The second-order valence-corrected chi connectivity index (χ2v) is 7.00. The molecule has 0 spiro atoms. The topological polar surface area (TPSA) is 48.9 Å². The van der Waals surface area contributed by atoms with Crippen molar-refractivity contribution in [3.63, 3.8) is 0 Å². The van der Waals surface area contributed by atoms with Crippen molar-refractivity contribution >= 4 is 11.6 Å². The van der Waals surface area contributed by atoms with Gasteiger partial charge in [0.15, 0.2) is 5.96 Å². The van der Waals surface area contributed by atoms with Crippen LogP contribution in [0, 0.1) is 11.7 Å². The molecule has 0 aromatic heterocycles. The molecule has 1 unspecified atom stereocenters. The van der Waals surface area contributed by atoms with Gasteiger partial charge in [0, 0.05) is 37.9 Å². The SMILES string of the molecule is CCNC(=NCc1ccc(F)cc1)NCC1CCN(c2cccc(OC)c2)C1. The second kappa shape index (κ2) is 9.97. The molecule has 5 nitrogen and oxygen atoms in total. The summed E-state index contributed by atoms with van der Waals surface area (Å²) in [4.78, 5) is 7.02. The molecule has 2 N–H and O–H groups in total. The summed E-state index contributed by atoms with van der Waals surface area (Å²) in [5.74, 6) is 2.02. The number of aliphatic imine (C=N–C) groups is 1. The van der Waals surface area contributed by atoms with Crippen LogP contribution >= 0.6 is 0 Å². The number of nitrogens with one attached hydrogen (secondary N) is 2. The van der Waals surface area contributed by atoms with Crippen LogP contribution in [0.15, 0.2) is 53.5 Å². The van der Waals surface area contributed by atoms with Gasteiger partial charge < -0.3 is 20.3 Å². The van der Waals surface area contributed by atoms with E-state index in [0.717, 1.165) is 49.9 Å². The predicted molar refractivity (Wildman–Crippen MR) is 113 cm³/mol. The molecule has 0 aliphatic carbocycles. The van der Waals surface area contributed by atoms with Crippen LogP contribution in [-0.2, 0) is 6.54 Å². The first-order valence-electron chi connectivity index (χ1n) is 9.83. The van der Waals surface area contributed by atoms with Crippen molar-refractivity contribution in [1.29, 1.82) is 0 Å². The van der Waals surface area contributed by atoms with Gasteiger partial charge in [-0.25, -0.2) is 9.38 Å². The normalized spacial score (nSPS) is 16.9. The summed E-state index contributed by atoms with van der Waals surface area (Å²) in [5.41, 5.74) is 2.20. The van der Waals surface area contributed by atoms with Gasteiger partial charge in [-0.2, -0.15) is 0 Å². The Kier molecular flexibility index (Phi) is 7.12. The van der Waals surface area contributed by atoms with E-state index in [1.165, 1.54) is 17.8 Å². The quantitative estimate of drug-likeness (QED) is 0.567. The summed E-state index contributed by atoms with van der Waals surface area (Å²) < 4.78 is 18.4. The lowest BCUT2D eigenvalue weighted by Gasteiger charge is -2.20. The monoisotopic (exact) mass is 384 g/mol. The van der Waals surface area contributed by atoms with E-state index in [1.807, 2.05) is 12.1 Å².